The van der Waals surface area contributed by atoms with Gasteiger partial charge in [-0.2, -0.15) is 0 Å². The van der Waals surface area contributed by atoms with Gasteiger partial charge in [-0.05, 0) is 32.2 Å². The lowest BCUT2D eigenvalue weighted by atomic mass is 10.0. The standard InChI is InChI=1S/C14H28N2O2/c1-4-18-10-13(11(2)3)16-14(17)9-12-7-5-6-8-15-12/h11-13,15H,4-10H2,1-3H3,(H,16,17). The molecule has 0 aliphatic carbocycles. The summed E-state index contributed by atoms with van der Waals surface area (Å²) in [6.45, 7) is 8.56. The van der Waals surface area contributed by atoms with Crippen molar-refractivity contribution in [3.63, 3.8) is 0 Å². The minimum atomic E-state index is 0.126. The molecule has 0 spiro atoms. The summed E-state index contributed by atoms with van der Waals surface area (Å²) >= 11 is 0. The Morgan fingerprint density at radius 1 is 1.44 bits per heavy atom. The van der Waals surface area contributed by atoms with Gasteiger partial charge in [0.25, 0.3) is 0 Å². The maximum atomic E-state index is 12.0. The van der Waals surface area contributed by atoms with Gasteiger partial charge in [-0.15, -0.1) is 0 Å². The van der Waals surface area contributed by atoms with Crippen molar-refractivity contribution in [2.24, 2.45) is 5.92 Å². The molecule has 0 aromatic heterocycles. The number of hydrogen-bond donors (Lipinski definition) is 2. The third-order valence-corrected chi connectivity index (χ3v) is 3.50. The van der Waals surface area contributed by atoms with E-state index in [1.54, 1.807) is 0 Å². The summed E-state index contributed by atoms with van der Waals surface area (Å²) in [7, 11) is 0. The number of ether oxygens (including phenoxy) is 1. The van der Waals surface area contributed by atoms with Crippen molar-refractivity contribution >= 4 is 5.91 Å². The first-order chi connectivity index (χ1) is 8.63. The monoisotopic (exact) mass is 256 g/mol. The van der Waals surface area contributed by atoms with E-state index in [-0.39, 0.29) is 11.9 Å². The summed E-state index contributed by atoms with van der Waals surface area (Å²) in [6.07, 6.45) is 4.18. The van der Waals surface area contributed by atoms with Crippen LogP contribution >= 0.6 is 0 Å². The molecule has 0 bridgehead atoms. The van der Waals surface area contributed by atoms with Gasteiger partial charge < -0.3 is 15.4 Å². The van der Waals surface area contributed by atoms with E-state index in [9.17, 15) is 4.79 Å². The molecule has 1 saturated heterocycles. The van der Waals surface area contributed by atoms with Crippen LogP contribution in [0.25, 0.3) is 0 Å². The third-order valence-electron chi connectivity index (χ3n) is 3.50. The molecule has 0 saturated carbocycles. The number of nitrogens with one attached hydrogen (secondary N) is 2. The normalized spacial score (nSPS) is 21.9. The van der Waals surface area contributed by atoms with Crippen molar-refractivity contribution < 1.29 is 9.53 Å². The maximum absolute atomic E-state index is 12.0. The molecule has 106 valence electrons. The largest absolute Gasteiger partial charge is 0.380 e. The summed E-state index contributed by atoms with van der Waals surface area (Å²) < 4.78 is 5.42. The van der Waals surface area contributed by atoms with Gasteiger partial charge in [0, 0.05) is 19.1 Å². The van der Waals surface area contributed by atoms with E-state index in [0.29, 0.717) is 31.6 Å². The zero-order valence-corrected chi connectivity index (χ0v) is 12.0. The average molecular weight is 256 g/mol. The first kappa shape index (κ1) is 15.4. The molecular weight excluding hydrogens is 228 g/mol. The smallest absolute Gasteiger partial charge is 0.221 e. The number of piperidine rings is 1. The fraction of sp³-hybridized carbons (Fsp3) is 0.929. The Hall–Kier alpha value is -0.610. The average Bonchev–Trinajstić information content (AvgIpc) is 2.35. The van der Waals surface area contributed by atoms with Crippen LogP contribution in [-0.4, -0.2) is 37.7 Å². The van der Waals surface area contributed by atoms with E-state index < -0.39 is 0 Å². The Kier molecular flexibility index (Phi) is 7.28. The van der Waals surface area contributed by atoms with Crippen molar-refractivity contribution in [1.29, 1.82) is 0 Å². The van der Waals surface area contributed by atoms with Crippen molar-refractivity contribution in [1.82, 2.24) is 10.6 Å². The lowest BCUT2D eigenvalue weighted by Gasteiger charge is -2.26. The molecule has 0 aromatic carbocycles. The first-order valence-corrected chi connectivity index (χ1v) is 7.24. The van der Waals surface area contributed by atoms with Crippen molar-refractivity contribution in [2.75, 3.05) is 19.8 Å². The van der Waals surface area contributed by atoms with E-state index in [4.69, 9.17) is 4.74 Å². The fourth-order valence-corrected chi connectivity index (χ4v) is 2.23. The Bertz CT molecular complexity index is 238. The Balaban J connectivity index is 2.30. The number of hydrogen-bond acceptors (Lipinski definition) is 3. The second-order valence-corrected chi connectivity index (χ2v) is 5.43. The highest BCUT2D eigenvalue weighted by atomic mass is 16.5. The minimum Gasteiger partial charge on any atom is -0.380 e. The van der Waals surface area contributed by atoms with Crippen LogP contribution in [-0.2, 0) is 9.53 Å². The lowest BCUT2D eigenvalue weighted by Crippen LogP contribution is -2.45. The molecule has 1 fully saturated rings. The van der Waals surface area contributed by atoms with Gasteiger partial charge >= 0.3 is 0 Å². The van der Waals surface area contributed by atoms with Crippen molar-refractivity contribution in [2.45, 2.75) is 58.5 Å². The molecule has 2 N–H and O–H groups in total. The highest BCUT2D eigenvalue weighted by Crippen LogP contribution is 2.10. The molecule has 1 heterocycles. The van der Waals surface area contributed by atoms with Crippen LogP contribution < -0.4 is 10.6 Å². The fourth-order valence-electron chi connectivity index (χ4n) is 2.23. The second-order valence-electron chi connectivity index (χ2n) is 5.43. The first-order valence-electron chi connectivity index (χ1n) is 7.24. The molecule has 4 nitrogen and oxygen atoms in total. The van der Waals surface area contributed by atoms with Crippen LogP contribution in [0, 0.1) is 5.92 Å². The van der Waals surface area contributed by atoms with Crippen LogP contribution in [0.3, 0.4) is 0 Å². The summed E-state index contributed by atoms with van der Waals surface area (Å²) in [5.74, 6) is 0.549. The molecule has 1 rings (SSSR count). The molecule has 2 unspecified atom stereocenters. The van der Waals surface area contributed by atoms with E-state index in [0.717, 1.165) is 13.0 Å². The molecule has 1 amide bonds. The molecule has 1 aliphatic rings. The van der Waals surface area contributed by atoms with Crippen LogP contribution in [0.2, 0.25) is 0 Å². The lowest BCUT2D eigenvalue weighted by molar-refractivity contribution is -0.123. The van der Waals surface area contributed by atoms with E-state index in [1.165, 1.54) is 12.8 Å². The predicted octanol–water partition coefficient (Wildman–Crippen LogP) is 1.70. The van der Waals surface area contributed by atoms with E-state index in [2.05, 4.69) is 24.5 Å². The summed E-state index contributed by atoms with van der Waals surface area (Å²) in [6, 6.07) is 0.486. The van der Waals surface area contributed by atoms with Crippen molar-refractivity contribution in [3.05, 3.63) is 0 Å². The van der Waals surface area contributed by atoms with E-state index in [1.807, 2.05) is 6.92 Å². The molecule has 0 radical (unpaired) electrons. The molecular formula is C14H28N2O2. The molecule has 2 atom stereocenters. The Morgan fingerprint density at radius 2 is 2.22 bits per heavy atom. The number of rotatable bonds is 7. The highest BCUT2D eigenvalue weighted by Gasteiger charge is 2.20. The molecule has 4 heteroatoms. The summed E-state index contributed by atoms with van der Waals surface area (Å²) in [5, 5.41) is 6.50. The van der Waals surface area contributed by atoms with Crippen molar-refractivity contribution in [3.8, 4) is 0 Å². The van der Waals surface area contributed by atoms with Crippen LogP contribution in [0.5, 0.6) is 0 Å². The van der Waals surface area contributed by atoms with Crippen LogP contribution in [0.1, 0.15) is 46.5 Å². The van der Waals surface area contributed by atoms with E-state index >= 15 is 0 Å². The number of carbonyl (C=O) groups is 1. The third kappa shape index (κ3) is 5.83. The van der Waals surface area contributed by atoms with Gasteiger partial charge in [0.1, 0.15) is 0 Å². The minimum absolute atomic E-state index is 0.126. The zero-order valence-electron chi connectivity index (χ0n) is 12.0. The summed E-state index contributed by atoms with van der Waals surface area (Å²) in [5.41, 5.74) is 0. The quantitative estimate of drug-likeness (QED) is 0.729. The van der Waals surface area contributed by atoms with Gasteiger partial charge in [-0.3, -0.25) is 4.79 Å². The van der Waals surface area contributed by atoms with Gasteiger partial charge in [-0.25, -0.2) is 0 Å². The topological polar surface area (TPSA) is 50.4 Å². The summed E-state index contributed by atoms with van der Waals surface area (Å²) in [4.78, 5) is 12.0. The zero-order chi connectivity index (χ0) is 13.4. The number of amides is 1. The predicted molar refractivity (Wildman–Crippen MR) is 73.5 cm³/mol. The molecule has 1 aliphatic heterocycles. The van der Waals surface area contributed by atoms with Gasteiger partial charge in [-0.1, -0.05) is 20.3 Å². The van der Waals surface area contributed by atoms with Crippen LogP contribution in [0.15, 0.2) is 0 Å². The SMILES string of the molecule is CCOCC(NC(=O)CC1CCCCN1)C(C)C. The van der Waals surface area contributed by atoms with Crippen LogP contribution in [0.4, 0.5) is 0 Å². The molecule has 18 heavy (non-hydrogen) atoms. The number of carbonyl (C=O) groups excluding carboxylic acids is 1. The van der Waals surface area contributed by atoms with Gasteiger partial charge in [0.2, 0.25) is 5.91 Å². The molecule has 0 aromatic rings. The Labute approximate surface area is 111 Å². The maximum Gasteiger partial charge on any atom is 0.221 e. The second kappa shape index (κ2) is 8.48. The highest BCUT2D eigenvalue weighted by molar-refractivity contribution is 5.76. The Morgan fingerprint density at radius 3 is 2.78 bits per heavy atom. The van der Waals surface area contributed by atoms with Gasteiger partial charge in [0.15, 0.2) is 0 Å². The van der Waals surface area contributed by atoms with Gasteiger partial charge in [0.05, 0.1) is 12.6 Å².